The first kappa shape index (κ1) is 12.5. The van der Waals surface area contributed by atoms with Crippen LogP contribution in [0.3, 0.4) is 0 Å². The van der Waals surface area contributed by atoms with E-state index in [2.05, 4.69) is 22.4 Å². The van der Waals surface area contributed by atoms with Crippen LogP contribution < -0.4 is 11.1 Å². The number of nitrogens with one attached hydrogen (secondary N) is 1. The van der Waals surface area contributed by atoms with E-state index in [1.54, 1.807) is 0 Å². The lowest BCUT2D eigenvalue weighted by Gasteiger charge is -2.30. The van der Waals surface area contributed by atoms with Crippen molar-refractivity contribution in [2.75, 3.05) is 17.6 Å². The number of aromatic carboxylic acids is 1. The van der Waals surface area contributed by atoms with Crippen molar-refractivity contribution < 1.29 is 9.90 Å². The van der Waals surface area contributed by atoms with Gasteiger partial charge in [0.15, 0.2) is 0 Å². The summed E-state index contributed by atoms with van der Waals surface area (Å²) in [5.74, 6) is -0.246. The van der Waals surface area contributed by atoms with E-state index in [0.717, 1.165) is 6.42 Å². The standard InChI is InChI=1S/C15H15N3O2/c16-11-6-13(15(19)20)14(18-8-11)17-7-10-5-9-3-1-2-4-12(9)10/h1-4,6,8,10H,5,7,16H2,(H,17,18)(H,19,20). The molecule has 1 aromatic carbocycles. The number of rotatable bonds is 4. The number of nitrogens with zero attached hydrogens (tertiary/aromatic N) is 1. The first-order valence-electron chi connectivity index (χ1n) is 6.45. The maximum atomic E-state index is 11.2. The second kappa shape index (κ2) is 4.85. The zero-order valence-electron chi connectivity index (χ0n) is 10.8. The molecule has 0 saturated carbocycles. The van der Waals surface area contributed by atoms with Gasteiger partial charge in [0.05, 0.1) is 11.9 Å². The fraction of sp³-hybridized carbons (Fsp3) is 0.200. The van der Waals surface area contributed by atoms with Gasteiger partial charge in [0, 0.05) is 12.5 Å². The van der Waals surface area contributed by atoms with Gasteiger partial charge in [-0.1, -0.05) is 24.3 Å². The Balaban J connectivity index is 1.73. The van der Waals surface area contributed by atoms with Crippen LogP contribution in [0.25, 0.3) is 0 Å². The summed E-state index contributed by atoms with van der Waals surface area (Å²) < 4.78 is 0. The van der Waals surface area contributed by atoms with Crippen LogP contribution in [-0.2, 0) is 6.42 Å². The van der Waals surface area contributed by atoms with Gasteiger partial charge in [0.1, 0.15) is 11.4 Å². The maximum absolute atomic E-state index is 11.2. The van der Waals surface area contributed by atoms with E-state index >= 15 is 0 Å². The van der Waals surface area contributed by atoms with E-state index in [4.69, 9.17) is 10.8 Å². The minimum absolute atomic E-state index is 0.109. The van der Waals surface area contributed by atoms with E-state index in [9.17, 15) is 4.79 Å². The van der Waals surface area contributed by atoms with Crippen LogP contribution >= 0.6 is 0 Å². The number of benzene rings is 1. The molecule has 0 amide bonds. The summed E-state index contributed by atoms with van der Waals surface area (Å²) in [4.78, 5) is 15.2. The number of pyridine rings is 1. The molecule has 1 aliphatic rings. The Hall–Kier alpha value is -2.56. The third-order valence-corrected chi connectivity index (χ3v) is 3.62. The highest BCUT2D eigenvalue weighted by Crippen LogP contribution is 2.34. The molecular formula is C15H15N3O2. The van der Waals surface area contributed by atoms with Gasteiger partial charge in [-0.25, -0.2) is 9.78 Å². The van der Waals surface area contributed by atoms with Crippen molar-refractivity contribution in [2.45, 2.75) is 12.3 Å². The monoisotopic (exact) mass is 269 g/mol. The van der Waals surface area contributed by atoms with Crippen LogP contribution in [0, 0.1) is 0 Å². The van der Waals surface area contributed by atoms with Gasteiger partial charge in [-0.05, 0) is 23.6 Å². The largest absolute Gasteiger partial charge is 0.478 e. The second-order valence-corrected chi connectivity index (χ2v) is 4.95. The molecule has 0 fully saturated rings. The summed E-state index contributed by atoms with van der Waals surface area (Å²) in [7, 11) is 0. The van der Waals surface area contributed by atoms with Crippen molar-refractivity contribution in [2.24, 2.45) is 0 Å². The Morgan fingerprint density at radius 3 is 3.00 bits per heavy atom. The van der Waals surface area contributed by atoms with E-state index in [1.165, 1.54) is 23.4 Å². The van der Waals surface area contributed by atoms with Gasteiger partial charge < -0.3 is 16.2 Å². The molecular weight excluding hydrogens is 254 g/mol. The lowest BCUT2D eigenvalue weighted by molar-refractivity contribution is 0.0697. The first-order chi connectivity index (χ1) is 9.65. The topological polar surface area (TPSA) is 88.2 Å². The molecule has 0 spiro atoms. The molecule has 2 aromatic rings. The van der Waals surface area contributed by atoms with Crippen molar-refractivity contribution in [3.63, 3.8) is 0 Å². The van der Waals surface area contributed by atoms with E-state index < -0.39 is 5.97 Å². The molecule has 0 saturated heterocycles. The number of nitrogens with two attached hydrogens (primary N) is 1. The highest BCUT2D eigenvalue weighted by molar-refractivity contribution is 5.94. The fourth-order valence-electron chi connectivity index (χ4n) is 2.55. The van der Waals surface area contributed by atoms with Gasteiger partial charge in [-0.3, -0.25) is 0 Å². The summed E-state index contributed by atoms with van der Waals surface area (Å²) >= 11 is 0. The number of anilines is 2. The van der Waals surface area contributed by atoms with Gasteiger partial charge in [0.2, 0.25) is 0 Å². The molecule has 1 aliphatic carbocycles. The molecule has 1 aromatic heterocycles. The number of nitrogen functional groups attached to an aromatic ring is 1. The van der Waals surface area contributed by atoms with Gasteiger partial charge in [0.25, 0.3) is 0 Å². The van der Waals surface area contributed by atoms with Crippen LogP contribution in [-0.4, -0.2) is 22.6 Å². The van der Waals surface area contributed by atoms with Gasteiger partial charge in [-0.2, -0.15) is 0 Å². The van der Waals surface area contributed by atoms with Crippen LogP contribution in [0.5, 0.6) is 0 Å². The number of aromatic nitrogens is 1. The highest BCUT2D eigenvalue weighted by atomic mass is 16.4. The third-order valence-electron chi connectivity index (χ3n) is 3.62. The molecule has 0 bridgehead atoms. The average molecular weight is 269 g/mol. The molecule has 1 unspecified atom stereocenters. The van der Waals surface area contributed by atoms with Crippen molar-refractivity contribution in [1.29, 1.82) is 0 Å². The lowest BCUT2D eigenvalue weighted by atomic mass is 9.77. The molecule has 3 rings (SSSR count). The van der Waals surface area contributed by atoms with Crippen molar-refractivity contribution in [3.05, 3.63) is 53.2 Å². The zero-order chi connectivity index (χ0) is 14.1. The van der Waals surface area contributed by atoms with Crippen molar-refractivity contribution in [3.8, 4) is 0 Å². The lowest BCUT2D eigenvalue weighted by Crippen LogP contribution is -2.25. The first-order valence-corrected chi connectivity index (χ1v) is 6.45. The van der Waals surface area contributed by atoms with Gasteiger partial charge in [-0.15, -0.1) is 0 Å². The number of hydrogen-bond acceptors (Lipinski definition) is 4. The van der Waals surface area contributed by atoms with Crippen LogP contribution in [0.15, 0.2) is 36.5 Å². The van der Waals surface area contributed by atoms with Crippen molar-refractivity contribution in [1.82, 2.24) is 4.98 Å². The predicted octanol–water partition coefficient (Wildman–Crippen LogP) is 2.11. The van der Waals surface area contributed by atoms with Crippen LogP contribution in [0.1, 0.15) is 27.4 Å². The van der Waals surface area contributed by atoms with E-state index in [1.807, 2.05) is 12.1 Å². The molecule has 5 heteroatoms. The Morgan fingerprint density at radius 1 is 1.45 bits per heavy atom. The molecule has 0 aliphatic heterocycles. The molecule has 4 N–H and O–H groups in total. The van der Waals surface area contributed by atoms with Crippen molar-refractivity contribution >= 4 is 17.5 Å². The summed E-state index contributed by atoms with van der Waals surface area (Å²) in [5, 5.41) is 12.3. The number of carboxylic acids is 1. The Labute approximate surface area is 116 Å². The molecule has 0 radical (unpaired) electrons. The van der Waals surface area contributed by atoms with E-state index in [-0.39, 0.29) is 5.56 Å². The normalized spacial score (nSPS) is 16.1. The summed E-state index contributed by atoms with van der Waals surface area (Å²) in [6.45, 7) is 0.675. The Kier molecular flexibility index (Phi) is 3.02. The second-order valence-electron chi connectivity index (χ2n) is 4.95. The molecule has 102 valence electrons. The Morgan fingerprint density at radius 2 is 2.25 bits per heavy atom. The summed E-state index contributed by atoms with van der Waals surface area (Å²) in [5.41, 5.74) is 8.72. The van der Waals surface area contributed by atoms with Crippen LogP contribution in [0.4, 0.5) is 11.5 Å². The smallest absolute Gasteiger partial charge is 0.339 e. The quantitative estimate of drug-likeness (QED) is 0.791. The SMILES string of the molecule is Nc1cnc(NCC2Cc3ccccc32)c(C(=O)O)c1. The number of carbonyl (C=O) groups is 1. The number of carboxylic acid groups (broad SMARTS) is 1. The number of hydrogen-bond donors (Lipinski definition) is 3. The fourth-order valence-corrected chi connectivity index (χ4v) is 2.55. The molecule has 1 heterocycles. The Bertz CT molecular complexity index is 670. The zero-order valence-corrected chi connectivity index (χ0v) is 10.8. The maximum Gasteiger partial charge on any atom is 0.339 e. The summed E-state index contributed by atoms with van der Waals surface area (Å²) in [6.07, 6.45) is 2.48. The minimum atomic E-state index is -1.03. The molecule has 1 atom stereocenters. The summed E-state index contributed by atoms with van der Waals surface area (Å²) in [6, 6.07) is 9.71. The van der Waals surface area contributed by atoms with Gasteiger partial charge >= 0.3 is 5.97 Å². The predicted molar refractivity (Wildman–Crippen MR) is 77.0 cm³/mol. The van der Waals surface area contributed by atoms with Crippen LogP contribution in [0.2, 0.25) is 0 Å². The van der Waals surface area contributed by atoms with E-state index in [0.29, 0.717) is 24.0 Å². The molecule has 20 heavy (non-hydrogen) atoms. The minimum Gasteiger partial charge on any atom is -0.478 e. The number of fused-ring (bicyclic) bond motifs is 1. The average Bonchev–Trinajstić information content (AvgIpc) is 2.41. The third kappa shape index (κ3) is 2.18. The molecule has 5 nitrogen and oxygen atoms in total. The highest BCUT2D eigenvalue weighted by Gasteiger charge is 2.25.